The number of ether oxygens (including phenoxy) is 2. The highest BCUT2D eigenvalue weighted by molar-refractivity contribution is 5.96. The van der Waals surface area contributed by atoms with Crippen LogP contribution in [0.4, 0.5) is 0 Å². The Hall–Kier alpha value is -2.63. The van der Waals surface area contributed by atoms with Gasteiger partial charge >= 0.3 is 0 Å². The van der Waals surface area contributed by atoms with Gasteiger partial charge in [-0.2, -0.15) is 0 Å². The minimum Gasteiger partial charge on any atom is -0.487 e. The number of nitrogens with zero attached hydrogens (tertiary/aromatic N) is 2. The number of methoxy groups -OCH3 is 1. The molecule has 6 nitrogen and oxygen atoms in total. The van der Waals surface area contributed by atoms with Gasteiger partial charge in [0.2, 0.25) is 5.88 Å². The summed E-state index contributed by atoms with van der Waals surface area (Å²) in [6.45, 7) is 2.24. The van der Waals surface area contributed by atoms with Crippen molar-refractivity contribution >= 4 is 5.91 Å². The summed E-state index contributed by atoms with van der Waals surface area (Å²) in [5, 5.41) is 2.79. The maximum atomic E-state index is 12.1. The zero-order chi connectivity index (χ0) is 15.1. The molecule has 0 spiro atoms. The molecule has 0 aromatic carbocycles. The van der Waals surface area contributed by atoms with Crippen molar-refractivity contribution < 1.29 is 14.3 Å². The molecule has 0 saturated heterocycles. The van der Waals surface area contributed by atoms with Gasteiger partial charge in [-0.3, -0.25) is 9.78 Å². The van der Waals surface area contributed by atoms with E-state index < -0.39 is 0 Å². The Bertz CT molecular complexity index is 590. The fourth-order valence-corrected chi connectivity index (χ4v) is 1.75. The van der Waals surface area contributed by atoms with Crippen LogP contribution in [-0.2, 0) is 0 Å². The lowest BCUT2D eigenvalue weighted by molar-refractivity contribution is 0.0928. The van der Waals surface area contributed by atoms with Gasteiger partial charge in [0, 0.05) is 12.4 Å². The molecule has 1 N–H and O–H groups in total. The number of pyridine rings is 2. The van der Waals surface area contributed by atoms with E-state index in [9.17, 15) is 4.79 Å². The average molecular weight is 287 g/mol. The number of hydrogen-bond acceptors (Lipinski definition) is 5. The van der Waals surface area contributed by atoms with Crippen molar-refractivity contribution in [1.82, 2.24) is 15.3 Å². The van der Waals surface area contributed by atoms with Gasteiger partial charge < -0.3 is 14.8 Å². The van der Waals surface area contributed by atoms with Crippen LogP contribution in [0.25, 0.3) is 0 Å². The van der Waals surface area contributed by atoms with Crippen molar-refractivity contribution in [2.24, 2.45) is 0 Å². The Kier molecular flexibility index (Phi) is 5.09. The molecule has 1 atom stereocenters. The van der Waals surface area contributed by atoms with Gasteiger partial charge in [-0.25, -0.2) is 4.98 Å². The zero-order valence-corrected chi connectivity index (χ0v) is 11.9. The predicted octanol–water partition coefficient (Wildman–Crippen LogP) is 1.68. The van der Waals surface area contributed by atoms with Gasteiger partial charge in [0.1, 0.15) is 17.4 Å². The van der Waals surface area contributed by atoms with E-state index in [4.69, 9.17) is 9.47 Å². The lowest BCUT2D eigenvalue weighted by Crippen LogP contribution is -2.33. The first-order valence-electron chi connectivity index (χ1n) is 6.54. The van der Waals surface area contributed by atoms with Gasteiger partial charge in [0.25, 0.3) is 5.91 Å². The summed E-state index contributed by atoms with van der Waals surface area (Å²) in [6.07, 6.45) is 4.70. The average Bonchev–Trinajstić information content (AvgIpc) is 2.53. The molecule has 2 heterocycles. The molecule has 0 aliphatic heterocycles. The number of hydrogen-bond donors (Lipinski definition) is 1. The largest absolute Gasteiger partial charge is 0.487 e. The minimum absolute atomic E-state index is 0.180. The number of aromatic nitrogens is 2. The van der Waals surface area contributed by atoms with Crippen LogP contribution in [0.1, 0.15) is 17.3 Å². The topological polar surface area (TPSA) is 73.3 Å². The SMILES string of the molecule is COc1ncccc1C(=O)NC[C@H](C)Oc1cccnc1. The fraction of sp³-hybridized carbons (Fsp3) is 0.267. The first kappa shape index (κ1) is 14.8. The molecule has 2 rings (SSSR count). The quantitative estimate of drug-likeness (QED) is 0.875. The Morgan fingerprint density at radius 3 is 2.86 bits per heavy atom. The Balaban J connectivity index is 1.89. The van der Waals surface area contributed by atoms with E-state index in [1.807, 2.05) is 13.0 Å². The smallest absolute Gasteiger partial charge is 0.256 e. The van der Waals surface area contributed by atoms with Crippen LogP contribution in [0.5, 0.6) is 11.6 Å². The molecule has 0 fully saturated rings. The monoisotopic (exact) mass is 287 g/mol. The molecule has 0 aliphatic carbocycles. The van der Waals surface area contributed by atoms with E-state index in [1.54, 1.807) is 36.8 Å². The highest BCUT2D eigenvalue weighted by Gasteiger charge is 2.14. The first-order chi connectivity index (χ1) is 10.2. The molecule has 2 aromatic heterocycles. The number of carbonyl (C=O) groups excluding carboxylic acids is 1. The first-order valence-corrected chi connectivity index (χ1v) is 6.54. The molecule has 0 aliphatic rings. The maximum Gasteiger partial charge on any atom is 0.256 e. The third-order valence-corrected chi connectivity index (χ3v) is 2.73. The van der Waals surface area contributed by atoms with E-state index in [-0.39, 0.29) is 12.0 Å². The lowest BCUT2D eigenvalue weighted by atomic mass is 10.2. The van der Waals surface area contributed by atoms with Crippen LogP contribution in [0.2, 0.25) is 0 Å². The Labute approximate surface area is 123 Å². The second kappa shape index (κ2) is 7.23. The number of nitrogens with one attached hydrogen (secondary N) is 1. The standard InChI is InChI=1S/C15H17N3O3/c1-11(21-12-5-3-7-16-10-12)9-18-14(19)13-6-4-8-17-15(13)20-2/h3-8,10-11H,9H2,1-2H3,(H,18,19)/t11-/m0/s1. The fourth-order valence-electron chi connectivity index (χ4n) is 1.75. The Morgan fingerprint density at radius 2 is 2.14 bits per heavy atom. The molecular formula is C15H17N3O3. The second-order valence-corrected chi connectivity index (χ2v) is 4.39. The highest BCUT2D eigenvalue weighted by Crippen LogP contribution is 2.13. The normalized spacial score (nSPS) is 11.5. The van der Waals surface area contributed by atoms with Crippen molar-refractivity contribution in [3.8, 4) is 11.6 Å². The van der Waals surface area contributed by atoms with Crippen LogP contribution in [-0.4, -0.2) is 35.6 Å². The molecule has 0 bridgehead atoms. The molecule has 6 heteroatoms. The van der Waals surface area contributed by atoms with Gasteiger partial charge in [-0.1, -0.05) is 0 Å². The maximum absolute atomic E-state index is 12.1. The summed E-state index contributed by atoms with van der Waals surface area (Å²) in [6, 6.07) is 6.96. The summed E-state index contributed by atoms with van der Waals surface area (Å²) in [4.78, 5) is 20.0. The molecule has 0 saturated carbocycles. The van der Waals surface area contributed by atoms with Crippen LogP contribution < -0.4 is 14.8 Å². The molecule has 0 unspecified atom stereocenters. The van der Waals surface area contributed by atoms with Crippen LogP contribution in [0.3, 0.4) is 0 Å². The number of rotatable bonds is 6. The van der Waals surface area contributed by atoms with Crippen molar-refractivity contribution in [3.63, 3.8) is 0 Å². The number of carbonyl (C=O) groups is 1. The van der Waals surface area contributed by atoms with Crippen molar-refractivity contribution in [2.75, 3.05) is 13.7 Å². The van der Waals surface area contributed by atoms with Crippen molar-refractivity contribution in [2.45, 2.75) is 13.0 Å². The molecule has 21 heavy (non-hydrogen) atoms. The summed E-state index contributed by atoms with van der Waals surface area (Å²) < 4.78 is 10.7. The summed E-state index contributed by atoms with van der Waals surface area (Å²) in [5.74, 6) is 0.718. The summed E-state index contributed by atoms with van der Waals surface area (Å²) in [7, 11) is 1.48. The van der Waals surface area contributed by atoms with E-state index >= 15 is 0 Å². The van der Waals surface area contributed by atoms with Crippen LogP contribution in [0, 0.1) is 0 Å². The van der Waals surface area contributed by atoms with E-state index in [0.717, 1.165) is 0 Å². The van der Waals surface area contributed by atoms with Gasteiger partial charge in [0.15, 0.2) is 0 Å². The molecule has 110 valence electrons. The summed E-state index contributed by atoms with van der Waals surface area (Å²) in [5.41, 5.74) is 0.397. The van der Waals surface area contributed by atoms with Crippen LogP contribution >= 0.6 is 0 Å². The minimum atomic E-state index is -0.249. The summed E-state index contributed by atoms with van der Waals surface area (Å²) >= 11 is 0. The lowest BCUT2D eigenvalue weighted by Gasteiger charge is -2.15. The third-order valence-electron chi connectivity index (χ3n) is 2.73. The number of amides is 1. The molecule has 2 aromatic rings. The van der Waals surface area contributed by atoms with Crippen LogP contribution in [0.15, 0.2) is 42.9 Å². The molecular weight excluding hydrogens is 270 g/mol. The van der Waals surface area contributed by atoms with Crippen molar-refractivity contribution in [3.05, 3.63) is 48.4 Å². The van der Waals surface area contributed by atoms with E-state index in [1.165, 1.54) is 7.11 Å². The van der Waals surface area contributed by atoms with E-state index in [0.29, 0.717) is 23.7 Å². The van der Waals surface area contributed by atoms with Crippen molar-refractivity contribution in [1.29, 1.82) is 0 Å². The zero-order valence-electron chi connectivity index (χ0n) is 11.9. The van der Waals surface area contributed by atoms with E-state index in [2.05, 4.69) is 15.3 Å². The van der Waals surface area contributed by atoms with Gasteiger partial charge in [-0.15, -0.1) is 0 Å². The Morgan fingerprint density at radius 1 is 1.33 bits per heavy atom. The highest BCUT2D eigenvalue weighted by atomic mass is 16.5. The van der Waals surface area contributed by atoms with Gasteiger partial charge in [0.05, 0.1) is 19.9 Å². The second-order valence-electron chi connectivity index (χ2n) is 4.39. The predicted molar refractivity (Wildman–Crippen MR) is 77.4 cm³/mol. The molecule has 0 radical (unpaired) electrons. The molecule has 1 amide bonds. The third kappa shape index (κ3) is 4.17. The van der Waals surface area contributed by atoms with Gasteiger partial charge in [-0.05, 0) is 31.2 Å².